The Morgan fingerprint density at radius 1 is 1.14 bits per heavy atom. The highest BCUT2D eigenvalue weighted by atomic mass is 32.2. The predicted octanol–water partition coefficient (Wildman–Crippen LogP) is 1.98. The molecule has 1 saturated heterocycles. The molecule has 1 aromatic rings. The summed E-state index contributed by atoms with van der Waals surface area (Å²) in [5, 5.41) is 3.53. The van der Waals surface area contributed by atoms with Gasteiger partial charge in [-0.25, -0.2) is 12.7 Å². The number of rotatable bonds is 6. The number of nitrogens with zero attached hydrogens (tertiary/aromatic N) is 1. The van der Waals surface area contributed by atoms with Crippen LogP contribution in [-0.2, 0) is 15.8 Å². The van der Waals surface area contributed by atoms with E-state index in [0.717, 1.165) is 24.9 Å². The Labute approximate surface area is 127 Å². The number of hydrogen-bond donors (Lipinski definition) is 1. The summed E-state index contributed by atoms with van der Waals surface area (Å²) in [5.74, 6) is 0.585. The highest BCUT2D eigenvalue weighted by Gasteiger charge is 2.30. The molecule has 4 nitrogen and oxygen atoms in total. The summed E-state index contributed by atoms with van der Waals surface area (Å²) in [6, 6.07) is 10.2. The van der Waals surface area contributed by atoms with Crippen LogP contribution < -0.4 is 5.32 Å². The van der Waals surface area contributed by atoms with Crippen LogP contribution in [0.5, 0.6) is 0 Å². The highest BCUT2D eigenvalue weighted by molar-refractivity contribution is 7.88. The fourth-order valence-corrected chi connectivity index (χ4v) is 4.58. The van der Waals surface area contributed by atoms with Gasteiger partial charge in [-0.3, -0.25) is 0 Å². The van der Waals surface area contributed by atoms with Gasteiger partial charge in [-0.1, -0.05) is 30.3 Å². The van der Waals surface area contributed by atoms with E-state index in [1.54, 1.807) is 4.31 Å². The molecular formula is C16H24N2O2S. The zero-order valence-corrected chi connectivity index (χ0v) is 13.2. The molecule has 0 spiro atoms. The van der Waals surface area contributed by atoms with E-state index in [2.05, 4.69) is 5.32 Å². The van der Waals surface area contributed by atoms with Crippen molar-refractivity contribution in [2.24, 2.45) is 5.92 Å². The van der Waals surface area contributed by atoms with Gasteiger partial charge < -0.3 is 5.32 Å². The fraction of sp³-hybridized carbons (Fsp3) is 0.625. The van der Waals surface area contributed by atoms with Crippen LogP contribution >= 0.6 is 0 Å². The minimum absolute atomic E-state index is 0.122. The molecule has 2 aliphatic rings. The lowest BCUT2D eigenvalue weighted by Gasteiger charge is -2.32. The lowest BCUT2D eigenvalue weighted by atomic mass is 10.00. The predicted molar refractivity (Wildman–Crippen MR) is 84.4 cm³/mol. The number of sulfonamides is 1. The van der Waals surface area contributed by atoms with Crippen LogP contribution in [0.1, 0.15) is 31.2 Å². The van der Waals surface area contributed by atoms with E-state index >= 15 is 0 Å². The van der Waals surface area contributed by atoms with Crippen molar-refractivity contribution in [1.29, 1.82) is 0 Å². The lowest BCUT2D eigenvalue weighted by molar-refractivity contribution is 0.259. The average molecular weight is 308 g/mol. The molecule has 1 heterocycles. The summed E-state index contributed by atoms with van der Waals surface area (Å²) >= 11 is 0. The molecule has 1 atom stereocenters. The van der Waals surface area contributed by atoms with Crippen LogP contribution in [0.25, 0.3) is 0 Å². The Morgan fingerprint density at radius 2 is 1.90 bits per heavy atom. The Morgan fingerprint density at radius 3 is 2.62 bits per heavy atom. The van der Waals surface area contributed by atoms with Crippen LogP contribution in [-0.4, -0.2) is 38.4 Å². The van der Waals surface area contributed by atoms with Crippen molar-refractivity contribution in [2.75, 3.05) is 19.6 Å². The number of piperidine rings is 1. The van der Waals surface area contributed by atoms with Crippen molar-refractivity contribution in [3.63, 3.8) is 0 Å². The second kappa shape index (κ2) is 6.46. The second-order valence-electron chi connectivity index (χ2n) is 6.29. The van der Waals surface area contributed by atoms with Crippen molar-refractivity contribution in [1.82, 2.24) is 9.62 Å². The van der Waals surface area contributed by atoms with Crippen molar-refractivity contribution >= 4 is 10.0 Å². The van der Waals surface area contributed by atoms with Gasteiger partial charge in [0.1, 0.15) is 0 Å². The smallest absolute Gasteiger partial charge is 0.218 e. The lowest BCUT2D eigenvalue weighted by Crippen LogP contribution is -2.43. The monoisotopic (exact) mass is 308 g/mol. The molecule has 0 bridgehead atoms. The first-order chi connectivity index (χ1) is 10.1. The van der Waals surface area contributed by atoms with E-state index < -0.39 is 10.0 Å². The molecule has 1 N–H and O–H groups in total. The van der Waals surface area contributed by atoms with Crippen LogP contribution in [0.3, 0.4) is 0 Å². The van der Waals surface area contributed by atoms with Gasteiger partial charge in [0.05, 0.1) is 5.75 Å². The Hall–Kier alpha value is -0.910. The Kier molecular flexibility index (Phi) is 4.62. The zero-order valence-electron chi connectivity index (χ0n) is 12.4. The zero-order chi connectivity index (χ0) is 14.7. The maximum atomic E-state index is 12.6. The molecule has 1 aliphatic heterocycles. The average Bonchev–Trinajstić information content (AvgIpc) is 3.30. The molecule has 0 radical (unpaired) electrons. The van der Waals surface area contributed by atoms with Gasteiger partial charge in [-0.05, 0) is 43.7 Å². The molecule has 3 rings (SSSR count). The largest absolute Gasteiger partial charge is 0.314 e. The van der Waals surface area contributed by atoms with Crippen LogP contribution in [0.4, 0.5) is 0 Å². The van der Waals surface area contributed by atoms with Gasteiger partial charge in [0, 0.05) is 19.1 Å². The Bertz CT molecular complexity index is 555. The molecule has 0 aromatic heterocycles. The van der Waals surface area contributed by atoms with Crippen LogP contribution in [0.15, 0.2) is 30.3 Å². The maximum Gasteiger partial charge on any atom is 0.218 e. The third-order valence-electron chi connectivity index (χ3n) is 4.34. The molecule has 21 heavy (non-hydrogen) atoms. The fourth-order valence-electron chi connectivity index (χ4n) is 2.94. The van der Waals surface area contributed by atoms with Gasteiger partial charge >= 0.3 is 0 Å². The van der Waals surface area contributed by atoms with Gasteiger partial charge in [0.25, 0.3) is 0 Å². The minimum Gasteiger partial charge on any atom is -0.314 e. The SMILES string of the molecule is O=S(=O)(Cc1ccccc1)N1CCCC(CNC2CC2)C1. The molecular weight excluding hydrogens is 284 g/mol. The van der Waals surface area contributed by atoms with Crippen molar-refractivity contribution in [3.05, 3.63) is 35.9 Å². The summed E-state index contributed by atoms with van der Waals surface area (Å²) < 4.78 is 26.8. The summed E-state index contributed by atoms with van der Waals surface area (Å²) in [7, 11) is -3.19. The summed E-state index contributed by atoms with van der Waals surface area (Å²) in [6.07, 6.45) is 4.67. The normalized spacial score (nSPS) is 24.1. The molecule has 1 aromatic carbocycles. The van der Waals surface area contributed by atoms with E-state index in [9.17, 15) is 8.42 Å². The number of nitrogens with one attached hydrogen (secondary N) is 1. The van der Waals surface area contributed by atoms with Crippen molar-refractivity contribution < 1.29 is 8.42 Å². The standard InChI is InChI=1S/C16H24N2O2S/c19-21(20,13-14-5-2-1-3-6-14)18-10-4-7-15(12-18)11-17-16-8-9-16/h1-3,5-6,15-17H,4,7-13H2. The molecule has 0 amide bonds. The van der Waals surface area contributed by atoms with E-state index in [-0.39, 0.29) is 5.75 Å². The molecule has 116 valence electrons. The van der Waals surface area contributed by atoms with Crippen molar-refractivity contribution in [2.45, 2.75) is 37.5 Å². The van der Waals surface area contributed by atoms with E-state index in [4.69, 9.17) is 0 Å². The molecule has 5 heteroatoms. The van der Waals surface area contributed by atoms with Gasteiger partial charge in [0.2, 0.25) is 10.0 Å². The van der Waals surface area contributed by atoms with E-state index in [0.29, 0.717) is 25.0 Å². The molecule has 1 aliphatic carbocycles. The Balaban J connectivity index is 1.58. The second-order valence-corrected chi connectivity index (χ2v) is 8.26. The first-order valence-electron chi connectivity index (χ1n) is 7.88. The van der Waals surface area contributed by atoms with Crippen molar-refractivity contribution in [3.8, 4) is 0 Å². The third-order valence-corrected chi connectivity index (χ3v) is 6.16. The first kappa shape index (κ1) is 15.0. The maximum absolute atomic E-state index is 12.6. The minimum atomic E-state index is -3.19. The topological polar surface area (TPSA) is 49.4 Å². The summed E-state index contributed by atoms with van der Waals surface area (Å²) in [6.45, 7) is 2.31. The van der Waals surface area contributed by atoms with Gasteiger partial charge in [-0.2, -0.15) is 0 Å². The molecule has 1 unspecified atom stereocenters. The van der Waals surface area contributed by atoms with E-state index in [1.165, 1.54) is 12.8 Å². The highest BCUT2D eigenvalue weighted by Crippen LogP contribution is 2.23. The number of hydrogen-bond acceptors (Lipinski definition) is 3. The molecule has 1 saturated carbocycles. The van der Waals surface area contributed by atoms with Crippen LogP contribution in [0, 0.1) is 5.92 Å². The van der Waals surface area contributed by atoms with E-state index in [1.807, 2.05) is 30.3 Å². The van der Waals surface area contributed by atoms with Crippen LogP contribution in [0.2, 0.25) is 0 Å². The quantitative estimate of drug-likeness (QED) is 0.874. The third kappa shape index (κ3) is 4.28. The summed E-state index contributed by atoms with van der Waals surface area (Å²) in [5.41, 5.74) is 0.871. The number of benzene rings is 1. The van der Waals surface area contributed by atoms with Gasteiger partial charge in [-0.15, -0.1) is 0 Å². The van der Waals surface area contributed by atoms with Gasteiger partial charge in [0.15, 0.2) is 0 Å². The summed E-state index contributed by atoms with van der Waals surface area (Å²) in [4.78, 5) is 0. The molecule has 2 fully saturated rings. The first-order valence-corrected chi connectivity index (χ1v) is 9.49.